The van der Waals surface area contributed by atoms with E-state index < -0.39 is 0 Å². The predicted octanol–water partition coefficient (Wildman–Crippen LogP) is 4.24. The van der Waals surface area contributed by atoms with Crippen molar-refractivity contribution in [3.05, 3.63) is 58.1 Å². The Kier molecular flexibility index (Phi) is 4.58. The van der Waals surface area contributed by atoms with E-state index in [0.29, 0.717) is 15.6 Å². The van der Waals surface area contributed by atoms with Crippen LogP contribution in [0.25, 0.3) is 0 Å². The van der Waals surface area contributed by atoms with Gasteiger partial charge in [-0.1, -0.05) is 52.3 Å². The van der Waals surface area contributed by atoms with E-state index in [9.17, 15) is 0 Å². The summed E-state index contributed by atoms with van der Waals surface area (Å²) in [4.78, 5) is 1.87. The van der Waals surface area contributed by atoms with Gasteiger partial charge in [0.05, 0.1) is 5.02 Å². The molecule has 3 nitrogen and oxygen atoms in total. The molecule has 0 fully saturated rings. The highest BCUT2D eigenvalue weighted by atomic mass is 35.5. The number of nitrogens with zero attached hydrogens (tertiary/aromatic N) is 1. The molecule has 0 aliphatic heterocycles. The summed E-state index contributed by atoms with van der Waals surface area (Å²) in [5.74, 6) is 0.0809. The monoisotopic (exact) mass is 312 g/mol. The van der Waals surface area contributed by atoms with Crippen LogP contribution in [0.5, 0.6) is 0 Å². The van der Waals surface area contributed by atoms with E-state index >= 15 is 0 Å². The lowest BCUT2D eigenvalue weighted by Crippen LogP contribution is -2.12. The quantitative estimate of drug-likeness (QED) is 0.386. The fraction of sp³-hybridized carbons (Fsp3) is 0. The average Bonchev–Trinajstić information content (AvgIpc) is 2.43. The summed E-state index contributed by atoms with van der Waals surface area (Å²) >= 11 is 13.5. The van der Waals surface area contributed by atoms with Crippen LogP contribution in [0.3, 0.4) is 0 Å². The highest BCUT2D eigenvalue weighted by Gasteiger charge is 2.05. The third kappa shape index (κ3) is 3.56. The zero-order chi connectivity index (χ0) is 13.8. The molecule has 2 aromatic carbocycles. The second-order valence-electron chi connectivity index (χ2n) is 3.69. The fourth-order valence-electron chi connectivity index (χ4n) is 1.43. The molecule has 0 atom stereocenters. The number of nitrogens with two attached hydrogens (primary N) is 1. The molecule has 0 bridgehead atoms. The van der Waals surface area contributed by atoms with E-state index in [1.807, 2.05) is 18.2 Å². The van der Waals surface area contributed by atoms with Crippen LogP contribution in [-0.4, -0.2) is 11.0 Å². The zero-order valence-electron chi connectivity index (χ0n) is 9.68. The summed E-state index contributed by atoms with van der Waals surface area (Å²) in [6.45, 7) is 0. The molecule has 98 valence electrons. The molecule has 6 heteroatoms. The molecule has 0 heterocycles. The van der Waals surface area contributed by atoms with Crippen LogP contribution in [0.1, 0.15) is 5.56 Å². The summed E-state index contributed by atoms with van der Waals surface area (Å²) in [5, 5.41) is 12.8. The highest BCUT2D eigenvalue weighted by Crippen LogP contribution is 2.35. The van der Waals surface area contributed by atoms with Gasteiger partial charge in [-0.15, -0.1) is 0 Å². The minimum atomic E-state index is 0.0809. The van der Waals surface area contributed by atoms with Gasteiger partial charge >= 0.3 is 0 Å². The van der Waals surface area contributed by atoms with Crippen LogP contribution < -0.4 is 5.73 Å². The summed E-state index contributed by atoms with van der Waals surface area (Å²) in [7, 11) is 0. The van der Waals surface area contributed by atoms with Crippen LogP contribution in [0, 0.1) is 0 Å². The third-order valence-corrected chi connectivity index (χ3v) is 4.12. The molecule has 0 saturated carbocycles. The van der Waals surface area contributed by atoms with Crippen molar-refractivity contribution in [3.63, 3.8) is 0 Å². The molecule has 0 unspecified atom stereocenters. The lowest BCUT2D eigenvalue weighted by molar-refractivity contribution is 0.318. The number of amidine groups is 1. The number of hydrogen-bond acceptors (Lipinski definition) is 3. The van der Waals surface area contributed by atoms with Crippen molar-refractivity contribution in [2.75, 3.05) is 0 Å². The zero-order valence-corrected chi connectivity index (χ0v) is 12.0. The molecule has 3 N–H and O–H groups in total. The molecule has 2 aromatic rings. The first-order valence-electron chi connectivity index (χ1n) is 5.31. The van der Waals surface area contributed by atoms with E-state index in [4.69, 9.17) is 34.1 Å². The van der Waals surface area contributed by atoms with E-state index in [0.717, 1.165) is 9.79 Å². The van der Waals surface area contributed by atoms with Crippen LogP contribution in [0.15, 0.2) is 57.4 Å². The number of rotatable bonds is 3. The molecule has 0 aliphatic rings. The average molecular weight is 313 g/mol. The standard InChI is InChI=1S/C13H10Cl2N2OS/c14-9-3-6-11(15)12(7-9)19-10-4-1-8(2-5-10)13(16)17-18/h1-7,18H,(H2,16,17). The Hall–Kier alpha value is -1.36. The molecule has 2 rings (SSSR count). The van der Waals surface area contributed by atoms with Crippen molar-refractivity contribution in [1.29, 1.82) is 0 Å². The SMILES string of the molecule is N/C(=N\O)c1ccc(Sc2cc(Cl)ccc2Cl)cc1. The first-order chi connectivity index (χ1) is 9.10. The van der Waals surface area contributed by atoms with Crippen LogP contribution in [-0.2, 0) is 0 Å². The second kappa shape index (κ2) is 6.19. The molecule has 0 amide bonds. The van der Waals surface area contributed by atoms with Crippen molar-refractivity contribution in [2.45, 2.75) is 9.79 Å². The lowest BCUT2D eigenvalue weighted by Gasteiger charge is -2.05. The van der Waals surface area contributed by atoms with Crippen molar-refractivity contribution in [3.8, 4) is 0 Å². The fourth-order valence-corrected chi connectivity index (χ4v) is 2.78. The van der Waals surface area contributed by atoms with Gasteiger partial charge in [-0.3, -0.25) is 0 Å². The second-order valence-corrected chi connectivity index (χ2v) is 5.65. The van der Waals surface area contributed by atoms with E-state index in [1.54, 1.807) is 24.3 Å². The number of halogens is 2. The van der Waals surface area contributed by atoms with Crippen molar-refractivity contribution < 1.29 is 5.21 Å². The summed E-state index contributed by atoms with van der Waals surface area (Å²) in [5.41, 5.74) is 6.15. The molecule has 0 aromatic heterocycles. The predicted molar refractivity (Wildman–Crippen MR) is 79.5 cm³/mol. The molecular weight excluding hydrogens is 303 g/mol. The van der Waals surface area contributed by atoms with Gasteiger partial charge in [0.15, 0.2) is 5.84 Å². The molecule has 0 saturated heterocycles. The summed E-state index contributed by atoms with van der Waals surface area (Å²) in [6, 6.07) is 12.6. The smallest absolute Gasteiger partial charge is 0.170 e. The van der Waals surface area contributed by atoms with Gasteiger partial charge in [0, 0.05) is 20.4 Å². The lowest BCUT2D eigenvalue weighted by atomic mass is 10.2. The van der Waals surface area contributed by atoms with Gasteiger partial charge in [0.1, 0.15) is 0 Å². The van der Waals surface area contributed by atoms with Gasteiger partial charge in [0.25, 0.3) is 0 Å². The minimum absolute atomic E-state index is 0.0809. The Labute approximate surface area is 125 Å². The Morgan fingerprint density at radius 2 is 1.79 bits per heavy atom. The Morgan fingerprint density at radius 3 is 2.42 bits per heavy atom. The van der Waals surface area contributed by atoms with Crippen LogP contribution in [0.2, 0.25) is 10.0 Å². The maximum absolute atomic E-state index is 8.59. The summed E-state index contributed by atoms with van der Waals surface area (Å²) in [6.07, 6.45) is 0. The molecule has 0 aliphatic carbocycles. The number of hydrogen-bond donors (Lipinski definition) is 2. The number of oxime groups is 1. The van der Waals surface area contributed by atoms with E-state index in [1.165, 1.54) is 11.8 Å². The maximum Gasteiger partial charge on any atom is 0.170 e. The molecule has 19 heavy (non-hydrogen) atoms. The first kappa shape index (κ1) is 14.1. The number of benzene rings is 2. The van der Waals surface area contributed by atoms with E-state index in [2.05, 4.69) is 5.16 Å². The highest BCUT2D eigenvalue weighted by molar-refractivity contribution is 7.99. The van der Waals surface area contributed by atoms with Crippen molar-refractivity contribution >= 4 is 40.8 Å². The van der Waals surface area contributed by atoms with Gasteiger partial charge < -0.3 is 10.9 Å². The third-order valence-electron chi connectivity index (χ3n) is 2.38. The molecule has 0 radical (unpaired) electrons. The molecular formula is C13H10Cl2N2OS. The van der Waals surface area contributed by atoms with Gasteiger partial charge in [-0.05, 0) is 30.3 Å². The van der Waals surface area contributed by atoms with Crippen LogP contribution >= 0.6 is 35.0 Å². The normalized spacial score (nSPS) is 11.6. The Morgan fingerprint density at radius 1 is 1.11 bits per heavy atom. The van der Waals surface area contributed by atoms with Gasteiger partial charge in [0.2, 0.25) is 0 Å². The first-order valence-corrected chi connectivity index (χ1v) is 6.88. The van der Waals surface area contributed by atoms with Crippen molar-refractivity contribution in [1.82, 2.24) is 0 Å². The Bertz CT molecular complexity index is 615. The van der Waals surface area contributed by atoms with Crippen molar-refractivity contribution in [2.24, 2.45) is 10.9 Å². The minimum Gasteiger partial charge on any atom is -0.409 e. The largest absolute Gasteiger partial charge is 0.409 e. The topological polar surface area (TPSA) is 58.6 Å². The van der Waals surface area contributed by atoms with Crippen LogP contribution in [0.4, 0.5) is 0 Å². The molecule has 0 spiro atoms. The van der Waals surface area contributed by atoms with Gasteiger partial charge in [-0.25, -0.2) is 0 Å². The van der Waals surface area contributed by atoms with E-state index in [-0.39, 0.29) is 5.84 Å². The summed E-state index contributed by atoms with van der Waals surface area (Å²) < 4.78 is 0. The Balaban J connectivity index is 2.22. The maximum atomic E-state index is 8.59. The van der Waals surface area contributed by atoms with Gasteiger partial charge in [-0.2, -0.15) is 0 Å².